The van der Waals surface area contributed by atoms with Crippen LogP contribution in [0.1, 0.15) is 66.7 Å². The van der Waals surface area contributed by atoms with Crippen molar-refractivity contribution in [1.82, 2.24) is 0 Å². The Morgan fingerprint density at radius 2 is 0.762 bits per heavy atom. The zero-order valence-electron chi connectivity index (χ0n) is 23.5. The van der Waals surface area contributed by atoms with Crippen LogP contribution in [-0.2, 0) is 52.7 Å². The van der Waals surface area contributed by atoms with Crippen LogP contribution < -0.4 is 0 Å². The number of ketones is 11. The molecule has 42 heavy (non-hydrogen) atoms. The van der Waals surface area contributed by atoms with E-state index in [4.69, 9.17) is 0 Å². The molecule has 4 atom stereocenters. The summed E-state index contributed by atoms with van der Waals surface area (Å²) in [6, 6.07) is 0. The number of carbonyl (C=O) groups excluding carboxylic acids is 11. The molecule has 0 aliphatic carbocycles. The van der Waals surface area contributed by atoms with E-state index in [9.17, 15) is 78.3 Å². The van der Waals surface area contributed by atoms with E-state index in [-0.39, 0.29) is 0 Å². The molecule has 16 heteroatoms. The molecule has 0 rings (SSSR count). The van der Waals surface area contributed by atoms with Gasteiger partial charge in [-0.25, -0.2) is 0 Å². The van der Waals surface area contributed by atoms with E-state index in [2.05, 4.69) is 0 Å². The van der Waals surface area contributed by atoms with Gasteiger partial charge in [-0.3, -0.25) is 52.7 Å². The van der Waals surface area contributed by atoms with Crippen LogP contribution in [0, 0.1) is 0 Å². The van der Waals surface area contributed by atoms with E-state index in [0.29, 0.717) is 20.8 Å². The highest BCUT2D eigenvalue weighted by Crippen LogP contribution is 2.46. The zero-order chi connectivity index (χ0) is 33.6. The summed E-state index contributed by atoms with van der Waals surface area (Å²) in [5, 5.41) is 56.6. The standard InChI is InChI=1S/C26H32O16/c1-12(28)6-17(33)22(38)24(40,19(35)8-14(3)30)26(42,21(37)10-16(5)32)25(41,20(36)9-15(4)31)23(39,11-27)18(34)7-13(2)29/h27,39-42H,6-11H2,1-5H3/t23-,24-,25+,26+/m0/s1. The summed E-state index contributed by atoms with van der Waals surface area (Å²) in [7, 11) is 0. The minimum atomic E-state index is -5.02. The SMILES string of the molecule is CC(=O)CC(=O)C(=O)[C@@](O)(C(=O)CC(C)=O)[C@](O)(C(=O)CC(C)=O)[C@@](O)(C(=O)CC(C)=O)[C@](O)(CO)C(=O)CC(C)=O. The van der Waals surface area contributed by atoms with Crippen LogP contribution in [0.25, 0.3) is 0 Å². The lowest BCUT2D eigenvalue weighted by Crippen LogP contribution is -2.86. The quantitative estimate of drug-likeness (QED) is 0.0661. The van der Waals surface area contributed by atoms with Crippen LogP contribution >= 0.6 is 0 Å². The van der Waals surface area contributed by atoms with Crippen LogP contribution in [0.5, 0.6) is 0 Å². The van der Waals surface area contributed by atoms with Crippen molar-refractivity contribution in [2.45, 2.75) is 89.1 Å². The molecule has 16 nitrogen and oxygen atoms in total. The fourth-order valence-corrected chi connectivity index (χ4v) is 4.24. The molecule has 0 aromatic heterocycles. The van der Waals surface area contributed by atoms with E-state index in [1.54, 1.807) is 0 Å². The minimum absolute atomic E-state index is 0.646. The molecule has 0 aromatic carbocycles. The third kappa shape index (κ3) is 6.96. The molecule has 0 bridgehead atoms. The van der Waals surface area contributed by atoms with Crippen LogP contribution in [0.4, 0.5) is 0 Å². The fourth-order valence-electron chi connectivity index (χ4n) is 4.24. The van der Waals surface area contributed by atoms with Gasteiger partial charge in [0.25, 0.3) is 0 Å². The Balaban J connectivity index is 8.59. The average molecular weight is 601 g/mol. The van der Waals surface area contributed by atoms with Crippen LogP contribution in [-0.4, -0.2) is 118 Å². The third-order valence-corrected chi connectivity index (χ3v) is 6.18. The number of aliphatic hydroxyl groups excluding tert-OH is 1. The summed E-state index contributed by atoms with van der Waals surface area (Å²) in [5.41, 5.74) is -19.0. The maximum absolute atomic E-state index is 13.5. The number of carbonyl (C=O) groups is 11. The molecular formula is C26H32O16. The van der Waals surface area contributed by atoms with Gasteiger partial charge in [0.05, 0.1) is 38.7 Å². The zero-order valence-corrected chi connectivity index (χ0v) is 23.5. The smallest absolute Gasteiger partial charge is 0.241 e. The van der Waals surface area contributed by atoms with E-state index >= 15 is 0 Å². The molecule has 0 saturated heterocycles. The number of hydrogen-bond acceptors (Lipinski definition) is 16. The molecule has 0 unspecified atom stereocenters. The number of Topliss-reactive ketones (excluding diaryl/α,β-unsaturated/α-hetero) is 11. The van der Waals surface area contributed by atoms with Gasteiger partial charge in [0.1, 0.15) is 28.9 Å². The maximum Gasteiger partial charge on any atom is 0.241 e. The molecule has 0 aliphatic rings. The Morgan fingerprint density at radius 3 is 1.10 bits per heavy atom. The highest BCUT2D eigenvalue weighted by molar-refractivity contribution is 6.49. The van der Waals surface area contributed by atoms with E-state index in [1.165, 1.54) is 0 Å². The third-order valence-electron chi connectivity index (χ3n) is 6.18. The summed E-state index contributed by atoms with van der Waals surface area (Å²) in [6.07, 6.45) is -7.91. The van der Waals surface area contributed by atoms with Gasteiger partial charge < -0.3 is 25.5 Å². The molecule has 5 N–H and O–H groups in total. The largest absolute Gasteiger partial charge is 0.393 e. The van der Waals surface area contributed by atoms with Crippen LogP contribution in [0.15, 0.2) is 0 Å². The monoisotopic (exact) mass is 600 g/mol. The highest BCUT2D eigenvalue weighted by atomic mass is 16.4. The predicted molar refractivity (Wildman–Crippen MR) is 133 cm³/mol. The number of hydrogen-bond donors (Lipinski definition) is 5. The highest BCUT2D eigenvalue weighted by Gasteiger charge is 2.81. The Labute approximate surface area is 238 Å². The first kappa shape index (κ1) is 38.2. The topological polar surface area (TPSA) is 289 Å². The molecule has 0 radical (unpaired) electrons. The maximum atomic E-state index is 13.5. The van der Waals surface area contributed by atoms with Gasteiger partial charge in [-0.05, 0) is 34.6 Å². The summed E-state index contributed by atoms with van der Waals surface area (Å²) < 4.78 is 0. The first-order valence-electron chi connectivity index (χ1n) is 12.1. The summed E-state index contributed by atoms with van der Waals surface area (Å²) in [6.45, 7) is 1.25. The Morgan fingerprint density at radius 1 is 0.452 bits per heavy atom. The van der Waals surface area contributed by atoms with Gasteiger partial charge >= 0.3 is 0 Å². The lowest BCUT2D eigenvalue weighted by Gasteiger charge is -2.53. The van der Waals surface area contributed by atoms with Crippen molar-refractivity contribution in [3.05, 3.63) is 0 Å². The van der Waals surface area contributed by atoms with Gasteiger partial charge in [0.2, 0.25) is 28.4 Å². The molecule has 0 fully saturated rings. The second-order valence-electron chi connectivity index (χ2n) is 9.99. The van der Waals surface area contributed by atoms with Crippen molar-refractivity contribution in [1.29, 1.82) is 0 Å². The van der Waals surface area contributed by atoms with Crippen LogP contribution in [0.2, 0.25) is 0 Å². The predicted octanol–water partition coefficient (Wildman–Crippen LogP) is -3.79. The summed E-state index contributed by atoms with van der Waals surface area (Å²) in [5.74, 6) is -19.7. The molecule has 232 valence electrons. The average Bonchev–Trinajstić information content (AvgIpc) is 2.83. The normalized spacial score (nSPS) is 16.8. The second-order valence-corrected chi connectivity index (χ2v) is 9.99. The Hall–Kier alpha value is -3.83. The van der Waals surface area contributed by atoms with E-state index < -0.39 is 125 Å². The first-order chi connectivity index (χ1) is 18.9. The lowest BCUT2D eigenvalue weighted by molar-refractivity contribution is -0.266. The summed E-state index contributed by atoms with van der Waals surface area (Å²) in [4.78, 5) is 138. The van der Waals surface area contributed by atoms with Crippen molar-refractivity contribution >= 4 is 63.6 Å². The van der Waals surface area contributed by atoms with Gasteiger partial charge in [-0.2, -0.15) is 0 Å². The molecule has 0 amide bonds. The van der Waals surface area contributed by atoms with E-state index in [1.807, 2.05) is 0 Å². The van der Waals surface area contributed by atoms with Gasteiger partial charge in [0.15, 0.2) is 28.7 Å². The Kier molecular flexibility index (Phi) is 12.6. The molecule has 0 saturated carbocycles. The van der Waals surface area contributed by atoms with E-state index in [0.717, 1.165) is 13.8 Å². The van der Waals surface area contributed by atoms with Gasteiger partial charge in [-0.15, -0.1) is 0 Å². The minimum Gasteiger partial charge on any atom is -0.393 e. The number of rotatable bonds is 20. The van der Waals surface area contributed by atoms with Crippen molar-refractivity contribution < 1.29 is 78.3 Å². The first-order valence-corrected chi connectivity index (χ1v) is 12.1. The lowest BCUT2D eigenvalue weighted by atomic mass is 9.55. The molecule has 0 heterocycles. The fraction of sp³-hybridized carbons (Fsp3) is 0.577. The molecule has 0 aromatic rings. The van der Waals surface area contributed by atoms with Crippen molar-refractivity contribution in [3.63, 3.8) is 0 Å². The van der Waals surface area contributed by atoms with Gasteiger partial charge in [-0.1, -0.05) is 0 Å². The molecule has 0 aliphatic heterocycles. The van der Waals surface area contributed by atoms with Crippen molar-refractivity contribution in [2.24, 2.45) is 0 Å². The Bertz CT molecular complexity index is 1260. The molecule has 0 spiro atoms. The second kappa shape index (κ2) is 13.9. The van der Waals surface area contributed by atoms with Gasteiger partial charge in [0, 0.05) is 0 Å². The van der Waals surface area contributed by atoms with Crippen molar-refractivity contribution in [2.75, 3.05) is 6.61 Å². The molecular weight excluding hydrogens is 568 g/mol. The summed E-state index contributed by atoms with van der Waals surface area (Å²) >= 11 is 0. The number of aliphatic hydroxyl groups is 5. The van der Waals surface area contributed by atoms with Crippen molar-refractivity contribution in [3.8, 4) is 0 Å². The van der Waals surface area contributed by atoms with Crippen LogP contribution in [0.3, 0.4) is 0 Å².